The Morgan fingerprint density at radius 2 is 2.33 bits per heavy atom. The molecule has 1 aromatic heterocycles. The van der Waals surface area contributed by atoms with Crippen LogP contribution in [0.2, 0.25) is 0 Å². The Bertz CT molecular complexity index is 843. The van der Waals surface area contributed by atoms with Crippen molar-refractivity contribution in [2.45, 2.75) is 30.1 Å². The van der Waals surface area contributed by atoms with Crippen LogP contribution in [0.5, 0.6) is 0 Å². The maximum absolute atomic E-state index is 13.6. The number of carbonyl (C=O) groups is 2. The summed E-state index contributed by atoms with van der Waals surface area (Å²) in [7, 11) is 0. The molecule has 0 spiro atoms. The number of hydrogen-bond acceptors (Lipinski definition) is 6. The lowest BCUT2D eigenvalue weighted by molar-refractivity contribution is -0.128. The SMILES string of the molecule is Cc1ccc(NCC2CCC(=O)N2CCSc2nc(C(=O)O)cs2)cc1F. The van der Waals surface area contributed by atoms with Gasteiger partial charge in [-0.15, -0.1) is 11.3 Å². The molecule has 2 heterocycles. The number of carbonyl (C=O) groups excluding carboxylic acids is 1. The van der Waals surface area contributed by atoms with Crippen LogP contribution in [0.4, 0.5) is 10.1 Å². The molecule has 2 aromatic rings. The van der Waals surface area contributed by atoms with Gasteiger partial charge in [0.25, 0.3) is 0 Å². The number of nitrogens with one attached hydrogen (secondary N) is 1. The molecule has 1 atom stereocenters. The van der Waals surface area contributed by atoms with Gasteiger partial charge in [0.05, 0.1) is 0 Å². The number of aromatic carboxylic acids is 1. The number of carboxylic acids is 1. The van der Waals surface area contributed by atoms with Gasteiger partial charge in [0.2, 0.25) is 5.91 Å². The number of hydrogen-bond donors (Lipinski definition) is 2. The van der Waals surface area contributed by atoms with Crippen molar-refractivity contribution in [2.24, 2.45) is 0 Å². The number of halogens is 1. The molecule has 0 radical (unpaired) electrons. The second-order valence-corrected chi connectivity index (χ2v) is 8.48. The Morgan fingerprint density at radius 3 is 3.04 bits per heavy atom. The smallest absolute Gasteiger partial charge is 0.355 e. The fourth-order valence-electron chi connectivity index (χ4n) is 2.90. The summed E-state index contributed by atoms with van der Waals surface area (Å²) in [6.07, 6.45) is 1.28. The van der Waals surface area contributed by atoms with Crippen molar-refractivity contribution in [3.05, 3.63) is 40.7 Å². The maximum atomic E-state index is 13.6. The van der Waals surface area contributed by atoms with Crippen molar-refractivity contribution in [1.29, 1.82) is 0 Å². The molecule has 2 N–H and O–H groups in total. The van der Waals surface area contributed by atoms with Gasteiger partial charge in [0, 0.05) is 42.4 Å². The van der Waals surface area contributed by atoms with E-state index < -0.39 is 5.97 Å². The number of thiazole rings is 1. The Hall–Kier alpha value is -2.13. The van der Waals surface area contributed by atoms with Crippen LogP contribution in [-0.4, -0.2) is 51.8 Å². The Kier molecular flexibility index (Phi) is 6.33. The maximum Gasteiger partial charge on any atom is 0.355 e. The molecule has 144 valence electrons. The van der Waals surface area contributed by atoms with Crippen LogP contribution in [-0.2, 0) is 4.79 Å². The molecule has 1 aromatic carbocycles. The van der Waals surface area contributed by atoms with E-state index in [1.165, 1.54) is 34.5 Å². The monoisotopic (exact) mass is 409 g/mol. The number of aryl methyl sites for hydroxylation is 1. The first-order chi connectivity index (χ1) is 12.9. The number of thioether (sulfide) groups is 1. The van der Waals surface area contributed by atoms with Crippen molar-refractivity contribution in [2.75, 3.05) is 24.2 Å². The lowest BCUT2D eigenvalue weighted by atomic mass is 10.2. The fourth-order valence-corrected chi connectivity index (χ4v) is 4.71. The van der Waals surface area contributed by atoms with Crippen molar-refractivity contribution in [3.8, 4) is 0 Å². The molecule has 1 aliphatic heterocycles. The average Bonchev–Trinajstić information content (AvgIpc) is 3.24. The highest BCUT2D eigenvalue weighted by atomic mass is 32.2. The standard InChI is InChI=1S/C18H20FN3O3S2/c1-11-2-3-12(8-14(11)19)20-9-13-4-5-16(23)22(13)6-7-26-18-21-15(10-27-18)17(24)25/h2-3,8,10,13,20H,4-7,9H2,1H3,(H,24,25). The van der Waals surface area contributed by atoms with E-state index in [9.17, 15) is 14.0 Å². The van der Waals surface area contributed by atoms with Gasteiger partial charge in [-0.3, -0.25) is 4.79 Å². The summed E-state index contributed by atoms with van der Waals surface area (Å²) in [4.78, 5) is 28.9. The average molecular weight is 410 g/mol. The third-order valence-electron chi connectivity index (χ3n) is 4.43. The number of aromatic nitrogens is 1. The number of benzene rings is 1. The predicted octanol–water partition coefficient (Wildman–Crippen LogP) is 3.48. The molecule has 1 unspecified atom stereocenters. The van der Waals surface area contributed by atoms with Crippen LogP contribution >= 0.6 is 23.1 Å². The highest BCUT2D eigenvalue weighted by Crippen LogP contribution is 2.25. The summed E-state index contributed by atoms with van der Waals surface area (Å²) in [6.45, 7) is 2.86. The number of carboxylic acid groups (broad SMARTS) is 1. The van der Waals surface area contributed by atoms with E-state index in [0.29, 0.717) is 40.9 Å². The highest BCUT2D eigenvalue weighted by molar-refractivity contribution is 8.01. The van der Waals surface area contributed by atoms with Crippen LogP contribution in [0.25, 0.3) is 0 Å². The quantitative estimate of drug-likeness (QED) is 0.650. The van der Waals surface area contributed by atoms with Crippen molar-refractivity contribution < 1.29 is 19.1 Å². The van der Waals surface area contributed by atoms with E-state index in [2.05, 4.69) is 10.3 Å². The first kappa shape index (κ1) is 19.6. The molecular formula is C18H20FN3O3S2. The largest absolute Gasteiger partial charge is 0.476 e. The zero-order chi connectivity index (χ0) is 19.4. The van der Waals surface area contributed by atoms with E-state index in [0.717, 1.165) is 6.42 Å². The number of nitrogens with zero attached hydrogens (tertiary/aromatic N) is 2. The molecule has 6 nitrogen and oxygen atoms in total. The lowest BCUT2D eigenvalue weighted by Crippen LogP contribution is -2.39. The van der Waals surface area contributed by atoms with E-state index in [1.807, 2.05) is 11.0 Å². The topological polar surface area (TPSA) is 82.5 Å². The minimum absolute atomic E-state index is 0.0483. The molecular weight excluding hydrogens is 389 g/mol. The van der Waals surface area contributed by atoms with Crippen LogP contribution in [0, 0.1) is 12.7 Å². The number of likely N-dealkylation sites (tertiary alicyclic amines) is 1. The van der Waals surface area contributed by atoms with E-state index >= 15 is 0 Å². The molecule has 1 amide bonds. The first-order valence-corrected chi connectivity index (χ1v) is 10.4. The van der Waals surface area contributed by atoms with Crippen LogP contribution < -0.4 is 5.32 Å². The van der Waals surface area contributed by atoms with Crippen LogP contribution in [0.3, 0.4) is 0 Å². The molecule has 0 saturated carbocycles. The molecule has 0 bridgehead atoms. The first-order valence-electron chi connectivity index (χ1n) is 8.55. The molecule has 3 rings (SSSR count). The third-order valence-corrected chi connectivity index (χ3v) is 6.43. The van der Waals surface area contributed by atoms with Gasteiger partial charge in [-0.05, 0) is 31.0 Å². The second kappa shape index (κ2) is 8.71. The normalized spacial score (nSPS) is 16.7. The second-order valence-electron chi connectivity index (χ2n) is 6.28. The minimum atomic E-state index is -1.04. The zero-order valence-corrected chi connectivity index (χ0v) is 16.4. The molecule has 9 heteroatoms. The Balaban J connectivity index is 1.51. The van der Waals surface area contributed by atoms with Gasteiger partial charge < -0.3 is 15.3 Å². The zero-order valence-electron chi connectivity index (χ0n) is 14.8. The van der Waals surface area contributed by atoms with Gasteiger partial charge in [0.15, 0.2) is 10.0 Å². The minimum Gasteiger partial charge on any atom is -0.476 e. The molecule has 1 saturated heterocycles. The summed E-state index contributed by atoms with van der Waals surface area (Å²) < 4.78 is 14.3. The Labute approximate surface area is 164 Å². The summed E-state index contributed by atoms with van der Waals surface area (Å²) in [6, 6.07) is 5.09. The van der Waals surface area contributed by atoms with Crippen LogP contribution in [0.1, 0.15) is 28.9 Å². The summed E-state index contributed by atoms with van der Waals surface area (Å²) in [5, 5.41) is 13.6. The van der Waals surface area contributed by atoms with Crippen LogP contribution in [0.15, 0.2) is 27.9 Å². The van der Waals surface area contributed by atoms with Gasteiger partial charge in [0.1, 0.15) is 5.82 Å². The predicted molar refractivity (Wildman–Crippen MR) is 104 cm³/mol. The van der Waals surface area contributed by atoms with Gasteiger partial charge in [-0.25, -0.2) is 14.2 Å². The van der Waals surface area contributed by atoms with Crippen molar-refractivity contribution in [1.82, 2.24) is 9.88 Å². The molecule has 1 fully saturated rings. The van der Waals surface area contributed by atoms with E-state index in [-0.39, 0.29) is 23.5 Å². The van der Waals surface area contributed by atoms with E-state index in [1.54, 1.807) is 13.0 Å². The summed E-state index contributed by atoms with van der Waals surface area (Å²) >= 11 is 2.74. The highest BCUT2D eigenvalue weighted by Gasteiger charge is 2.30. The molecule has 0 aliphatic carbocycles. The lowest BCUT2D eigenvalue weighted by Gasteiger charge is -2.25. The summed E-state index contributed by atoms with van der Waals surface area (Å²) in [5.41, 5.74) is 1.35. The number of anilines is 1. The Morgan fingerprint density at radius 1 is 1.52 bits per heavy atom. The van der Waals surface area contributed by atoms with Crippen molar-refractivity contribution in [3.63, 3.8) is 0 Å². The van der Waals surface area contributed by atoms with Gasteiger partial charge in [-0.1, -0.05) is 17.8 Å². The van der Waals surface area contributed by atoms with Crippen molar-refractivity contribution >= 4 is 40.7 Å². The molecule has 27 heavy (non-hydrogen) atoms. The molecule has 1 aliphatic rings. The number of rotatable bonds is 8. The van der Waals surface area contributed by atoms with Gasteiger partial charge >= 0.3 is 5.97 Å². The van der Waals surface area contributed by atoms with Gasteiger partial charge in [-0.2, -0.15) is 0 Å². The third kappa shape index (κ3) is 4.98. The number of amides is 1. The van der Waals surface area contributed by atoms with E-state index in [4.69, 9.17) is 5.11 Å². The summed E-state index contributed by atoms with van der Waals surface area (Å²) in [5.74, 6) is -0.525. The fraction of sp³-hybridized carbons (Fsp3) is 0.389.